The molecule has 0 atom stereocenters. The number of hydrogen-bond donors (Lipinski definition) is 2. The SMILES string of the molecule is CCOc1ccc(NC(=O)C2CCC(C(=O)NCCc3ccccc3)CC2)cc1. The van der Waals surface area contributed by atoms with E-state index in [2.05, 4.69) is 22.8 Å². The summed E-state index contributed by atoms with van der Waals surface area (Å²) in [5.74, 6) is 0.933. The van der Waals surface area contributed by atoms with E-state index in [9.17, 15) is 9.59 Å². The molecule has 1 saturated carbocycles. The lowest BCUT2D eigenvalue weighted by atomic mass is 9.81. The van der Waals surface area contributed by atoms with Crippen LogP contribution < -0.4 is 15.4 Å². The normalized spacial score (nSPS) is 18.7. The van der Waals surface area contributed by atoms with Crippen LogP contribution >= 0.6 is 0 Å². The lowest BCUT2D eigenvalue weighted by Gasteiger charge is -2.27. The van der Waals surface area contributed by atoms with Gasteiger partial charge in [0.25, 0.3) is 0 Å². The molecule has 0 heterocycles. The molecule has 1 aliphatic carbocycles. The van der Waals surface area contributed by atoms with Crippen molar-refractivity contribution < 1.29 is 14.3 Å². The second-order valence-electron chi connectivity index (χ2n) is 7.52. The van der Waals surface area contributed by atoms with Crippen LogP contribution in [0.2, 0.25) is 0 Å². The Kier molecular flexibility index (Phi) is 7.68. The first kappa shape index (κ1) is 20.9. The molecule has 0 aliphatic heterocycles. The molecule has 0 radical (unpaired) electrons. The number of hydrogen-bond acceptors (Lipinski definition) is 3. The number of carbonyl (C=O) groups is 2. The lowest BCUT2D eigenvalue weighted by Crippen LogP contribution is -2.36. The Morgan fingerprint density at radius 2 is 1.52 bits per heavy atom. The fraction of sp³-hybridized carbons (Fsp3) is 0.417. The van der Waals surface area contributed by atoms with Gasteiger partial charge in [0.2, 0.25) is 11.8 Å². The second kappa shape index (κ2) is 10.6. The molecule has 2 aromatic rings. The van der Waals surface area contributed by atoms with Crippen molar-refractivity contribution in [3.05, 3.63) is 60.2 Å². The standard InChI is InChI=1S/C24H30N2O3/c1-2-29-22-14-12-21(13-15-22)26-24(28)20-10-8-19(9-11-20)23(27)25-17-16-18-6-4-3-5-7-18/h3-7,12-15,19-20H,2,8-11,16-17H2,1H3,(H,25,27)(H,26,28). The predicted molar refractivity (Wildman–Crippen MR) is 115 cm³/mol. The van der Waals surface area contributed by atoms with E-state index in [0.717, 1.165) is 43.5 Å². The Hall–Kier alpha value is -2.82. The van der Waals surface area contributed by atoms with Gasteiger partial charge in [0.15, 0.2) is 0 Å². The number of benzene rings is 2. The van der Waals surface area contributed by atoms with Crippen LogP contribution in [0.3, 0.4) is 0 Å². The molecular weight excluding hydrogens is 364 g/mol. The molecule has 3 rings (SSSR count). The van der Waals surface area contributed by atoms with E-state index in [-0.39, 0.29) is 23.7 Å². The molecule has 0 bridgehead atoms. The summed E-state index contributed by atoms with van der Waals surface area (Å²) in [4.78, 5) is 25.0. The average Bonchev–Trinajstić information content (AvgIpc) is 2.76. The van der Waals surface area contributed by atoms with Gasteiger partial charge in [0.05, 0.1) is 6.61 Å². The number of anilines is 1. The summed E-state index contributed by atoms with van der Waals surface area (Å²) < 4.78 is 5.42. The Morgan fingerprint density at radius 3 is 2.14 bits per heavy atom. The third kappa shape index (κ3) is 6.34. The van der Waals surface area contributed by atoms with Crippen molar-refractivity contribution in [2.75, 3.05) is 18.5 Å². The van der Waals surface area contributed by atoms with Gasteiger partial charge in [-0.25, -0.2) is 0 Å². The third-order valence-corrected chi connectivity index (χ3v) is 5.46. The lowest BCUT2D eigenvalue weighted by molar-refractivity contribution is -0.128. The van der Waals surface area contributed by atoms with E-state index < -0.39 is 0 Å². The van der Waals surface area contributed by atoms with E-state index in [4.69, 9.17) is 4.74 Å². The molecule has 5 heteroatoms. The van der Waals surface area contributed by atoms with Gasteiger partial charge in [-0.15, -0.1) is 0 Å². The monoisotopic (exact) mass is 394 g/mol. The van der Waals surface area contributed by atoms with Gasteiger partial charge in [-0.05, 0) is 68.9 Å². The Labute approximate surface area is 172 Å². The van der Waals surface area contributed by atoms with Crippen LogP contribution in [-0.2, 0) is 16.0 Å². The first-order chi connectivity index (χ1) is 14.2. The van der Waals surface area contributed by atoms with Crippen LogP contribution in [-0.4, -0.2) is 25.0 Å². The smallest absolute Gasteiger partial charge is 0.227 e. The van der Waals surface area contributed by atoms with Crippen LogP contribution in [0.25, 0.3) is 0 Å². The molecule has 0 saturated heterocycles. The number of rotatable bonds is 8. The summed E-state index contributed by atoms with van der Waals surface area (Å²) in [6, 6.07) is 17.6. The highest BCUT2D eigenvalue weighted by atomic mass is 16.5. The van der Waals surface area contributed by atoms with Crippen molar-refractivity contribution in [2.45, 2.75) is 39.0 Å². The summed E-state index contributed by atoms with van der Waals surface area (Å²) in [6.07, 6.45) is 3.86. The van der Waals surface area contributed by atoms with E-state index in [1.807, 2.05) is 49.4 Å². The molecule has 1 aliphatic rings. The summed E-state index contributed by atoms with van der Waals surface area (Å²) in [5.41, 5.74) is 2.00. The summed E-state index contributed by atoms with van der Waals surface area (Å²) in [6.45, 7) is 3.21. The van der Waals surface area contributed by atoms with Gasteiger partial charge in [-0.1, -0.05) is 30.3 Å². The highest BCUT2D eigenvalue weighted by molar-refractivity contribution is 5.92. The number of ether oxygens (including phenoxy) is 1. The molecule has 154 valence electrons. The van der Waals surface area contributed by atoms with Crippen molar-refractivity contribution in [2.24, 2.45) is 11.8 Å². The zero-order valence-electron chi connectivity index (χ0n) is 17.0. The molecule has 2 amide bonds. The number of amides is 2. The fourth-order valence-corrected chi connectivity index (χ4v) is 3.78. The Balaban J connectivity index is 1.38. The molecule has 2 N–H and O–H groups in total. The third-order valence-electron chi connectivity index (χ3n) is 5.46. The first-order valence-corrected chi connectivity index (χ1v) is 10.5. The van der Waals surface area contributed by atoms with Crippen LogP contribution in [0.1, 0.15) is 38.2 Å². The Bertz CT molecular complexity index is 782. The van der Waals surface area contributed by atoms with Crippen LogP contribution in [0, 0.1) is 11.8 Å². The van der Waals surface area contributed by atoms with Crippen LogP contribution in [0.5, 0.6) is 5.75 Å². The highest BCUT2D eigenvalue weighted by Gasteiger charge is 2.29. The molecule has 0 unspecified atom stereocenters. The van der Waals surface area contributed by atoms with Crippen molar-refractivity contribution in [1.29, 1.82) is 0 Å². The molecule has 29 heavy (non-hydrogen) atoms. The number of carbonyl (C=O) groups excluding carboxylic acids is 2. The van der Waals surface area contributed by atoms with Gasteiger partial charge in [-0.3, -0.25) is 9.59 Å². The Morgan fingerprint density at radius 1 is 0.897 bits per heavy atom. The topological polar surface area (TPSA) is 67.4 Å². The van der Waals surface area contributed by atoms with Gasteiger partial charge >= 0.3 is 0 Å². The summed E-state index contributed by atoms with van der Waals surface area (Å²) in [5, 5.41) is 6.03. The maximum absolute atomic E-state index is 12.5. The van der Waals surface area contributed by atoms with E-state index >= 15 is 0 Å². The van der Waals surface area contributed by atoms with E-state index in [1.54, 1.807) is 0 Å². The minimum atomic E-state index is -0.0325. The first-order valence-electron chi connectivity index (χ1n) is 10.5. The largest absolute Gasteiger partial charge is 0.494 e. The van der Waals surface area contributed by atoms with Crippen molar-refractivity contribution in [3.63, 3.8) is 0 Å². The van der Waals surface area contributed by atoms with Gasteiger partial charge in [-0.2, -0.15) is 0 Å². The zero-order chi connectivity index (χ0) is 20.5. The summed E-state index contributed by atoms with van der Waals surface area (Å²) >= 11 is 0. The quantitative estimate of drug-likeness (QED) is 0.705. The molecule has 5 nitrogen and oxygen atoms in total. The van der Waals surface area contributed by atoms with Crippen LogP contribution in [0.4, 0.5) is 5.69 Å². The average molecular weight is 395 g/mol. The fourth-order valence-electron chi connectivity index (χ4n) is 3.78. The number of nitrogens with one attached hydrogen (secondary N) is 2. The van der Waals surface area contributed by atoms with Gasteiger partial charge < -0.3 is 15.4 Å². The maximum Gasteiger partial charge on any atom is 0.227 e. The van der Waals surface area contributed by atoms with Crippen LogP contribution in [0.15, 0.2) is 54.6 Å². The van der Waals surface area contributed by atoms with Gasteiger partial charge in [0.1, 0.15) is 5.75 Å². The molecule has 0 spiro atoms. The maximum atomic E-state index is 12.5. The zero-order valence-corrected chi connectivity index (χ0v) is 17.0. The summed E-state index contributed by atoms with van der Waals surface area (Å²) in [7, 11) is 0. The van der Waals surface area contributed by atoms with E-state index in [1.165, 1.54) is 5.56 Å². The molecule has 1 fully saturated rings. The molecule has 0 aromatic heterocycles. The molecule has 2 aromatic carbocycles. The van der Waals surface area contributed by atoms with Crippen molar-refractivity contribution in [1.82, 2.24) is 5.32 Å². The van der Waals surface area contributed by atoms with E-state index in [0.29, 0.717) is 13.2 Å². The van der Waals surface area contributed by atoms with Crippen molar-refractivity contribution in [3.8, 4) is 5.75 Å². The molecular formula is C24H30N2O3. The minimum Gasteiger partial charge on any atom is -0.494 e. The van der Waals surface area contributed by atoms with Gasteiger partial charge in [0, 0.05) is 24.1 Å². The predicted octanol–water partition coefficient (Wildman–Crippen LogP) is 4.19. The highest BCUT2D eigenvalue weighted by Crippen LogP contribution is 2.30. The second-order valence-corrected chi connectivity index (χ2v) is 7.52. The minimum absolute atomic E-state index is 0.0142. The van der Waals surface area contributed by atoms with Crippen molar-refractivity contribution >= 4 is 17.5 Å².